The maximum Gasteiger partial charge on any atom is 0.514 e. The zero-order valence-corrected chi connectivity index (χ0v) is 11.5. The van der Waals surface area contributed by atoms with Crippen LogP contribution in [0.1, 0.15) is 42.5 Å². The summed E-state index contributed by atoms with van der Waals surface area (Å²) < 4.78 is 15.3. The van der Waals surface area contributed by atoms with Crippen LogP contribution in [0.2, 0.25) is 0 Å². The highest BCUT2D eigenvalue weighted by Crippen LogP contribution is 2.24. The molecule has 0 heterocycles. The van der Waals surface area contributed by atoms with E-state index in [2.05, 4.69) is 0 Å². The van der Waals surface area contributed by atoms with Gasteiger partial charge in [-0.15, -0.1) is 0 Å². The van der Waals surface area contributed by atoms with Crippen LogP contribution >= 0.6 is 0 Å². The van der Waals surface area contributed by atoms with Gasteiger partial charge < -0.3 is 14.2 Å². The lowest BCUT2D eigenvalue weighted by Gasteiger charge is -2.21. The fourth-order valence-electron chi connectivity index (χ4n) is 2.27. The molecule has 0 amide bonds. The molecule has 1 aromatic rings. The second kappa shape index (κ2) is 6.93. The molecule has 5 heteroatoms. The number of ether oxygens (including phenoxy) is 3. The second-order valence-electron chi connectivity index (χ2n) is 4.75. The van der Waals surface area contributed by atoms with Gasteiger partial charge in [0.2, 0.25) is 0 Å². The van der Waals surface area contributed by atoms with E-state index in [0.29, 0.717) is 12.0 Å². The van der Waals surface area contributed by atoms with Crippen LogP contribution in [0.25, 0.3) is 0 Å². The Hall–Kier alpha value is -2.04. The standard InChI is InChI=1S/C15H18O5/c1-18-13-7-8-14(11(9-13)10-16)20-15(17)19-12-5-3-2-4-6-12/h7-10,12H,2-6H2,1H3. The molecular weight excluding hydrogens is 260 g/mol. The van der Waals surface area contributed by atoms with Gasteiger partial charge in [0.25, 0.3) is 0 Å². The second-order valence-corrected chi connectivity index (χ2v) is 4.75. The van der Waals surface area contributed by atoms with Crippen molar-refractivity contribution in [1.29, 1.82) is 0 Å². The Balaban J connectivity index is 1.97. The number of carbonyl (C=O) groups is 2. The maximum absolute atomic E-state index is 11.7. The smallest absolute Gasteiger partial charge is 0.497 e. The first-order chi connectivity index (χ1) is 9.72. The van der Waals surface area contributed by atoms with Crippen molar-refractivity contribution < 1.29 is 23.8 Å². The van der Waals surface area contributed by atoms with Crippen LogP contribution in [0, 0.1) is 0 Å². The summed E-state index contributed by atoms with van der Waals surface area (Å²) >= 11 is 0. The zero-order valence-electron chi connectivity index (χ0n) is 11.5. The van der Waals surface area contributed by atoms with E-state index in [1.807, 2.05) is 0 Å². The summed E-state index contributed by atoms with van der Waals surface area (Å²) in [5, 5.41) is 0. The first kappa shape index (κ1) is 14.4. The van der Waals surface area contributed by atoms with Gasteiger partial charge in [-0.3, -0.25) is 4.79 Å². The predicted molar refractivity (Wildman–Crippen MR) is 72.4 cm³/mol. The molecule has 0 unspecified atom stereocenters. The fraction of sp³-hybridized carbons (Fsp3) is 0.467. The molecule has 1 saturated carbocycles. The molecule has 108 valence electrons. The minimum atomic E-state index is -0.759. The normalized spacial score (nSPS) is 15.4. The van der Waals surface area contributed by atoms with E-state index in [9.17, 15) is 9.59 Å². The predicted octanol–water partition coefficient (Wildman–Crippen LogP) is 3.36. The lowest BCUT2D eigenvalue weighted by Crippen LogP contribution is -2.23. The summed E-state index contributed by atoms with van der Waals surface area (Å²) in [6, 6.07) is 4.65. The van der Waals surface area contributed by atoms with Crippen LogP contribution in [0.5, 0.6) is 11.5 Å². The minimum absolute atomic E-state index is 0.0748. The third-order valence-corrected chi connectivity index (χ3v) is 3.35. The van der Waals surface area contributed by atoms with Gasteiger partial charge in [0.15, 0.2) is 6.29 Å². The summed E-state index contributed by atoms with van der Waals surface area (Å²) in [4.78, 5) is 22.7. The molecule has 0 radical (unpaired) electrons. The van der Waals surface area contributed by atoms with E-state index < -0.39 is 6.16 Å². The SMILES string of the molecule is COc1ccc(OC(=O)OC2CCCCC2)c(C=O)c1. The molecule has 0 spiro atoms. The molecule has 1 aromatic carbocycles. The minimum Gasteiger partial charge on any atom is -0.497 e. The van der Waals surface area contributed by atoms with Crippen molar-refractivity contribution in [3.63, 3.8) is 0 Å². The van der Waals surface area contributed by atoms with E-state index in [-0.39, 0.29) is 17.4 Å². The van der Waals surface area contributed by atoms with Crippen LogP contribution < -0.4 is 9.47 Å². The van der Waals surface area contributed by atoms with Gasteiger partial charge >= 0.3 is 6.16 Å². The summed E-state index contributed by atoms with van der Waals surface area (Å²) in [5.41, 5.74) is 0.255. The van der Waals surface area contributed by atoms with Gasteiger partial charge in [-0.1, -0.05) is 6.42 Å². The molecule has 2 rings (SSSR count). The van der Waals surface area contributed by atoms with Crippen molar-refractivity contribution >= 4 is 12.4 Å². The van der Waals surface area contributed by atoms with E-state index in [4.69, 9.17) is 14.2 Å². The number of benzene rings is 1. The molecule has 0 N–H and O–H groups in total. The average molecular weight is 278 g/mol. The molecule has 1 aliphatic rings. The monoisotopic (exact) mass is 278 g/mol. The summed E-state index contributed by atoms with van der Waals surface area (Å²) in [7, 11) is 1.50. The Bertz CT molecular complexity index is 477. The molecule has 0 aliphatic heterocycles. The molecular formula is C15H18O5. The Morgan fingerprint density at radius 3 is 2.65 bits per heavy atom. The van der Waals surface area contributed by atoms with Gasteiger partial charge in [-0.2, -0.15) is 0 Å². The summed E-state index contributed by atoms with van der Waals surface area (Å²) in [6.07, 6.45) is 4.85. The summed E-state index contributed by atoms with van der Waals surface area (Å²) in [6.45, 7) is 0. The molecule has 5 nitrogen and oxygen atoms in total. The molecule has 0 atom stereocenters. The van der Waals surface area contributed by atoms with Gasteiger partial charge in [0.1, 0.15) is 17.6 Å². The zero-order chi connectivity index (χ0) is 14.4. The van der Waals surface area contributed by atoms with Crippen molar-refractivity contribution in [2.75, 3.05) is 7.11 Å². The summed E-state index contributed by atoms with van der Waals surface area (Å²) in [5.74, 6) is 0.710. The van der Waals surface area contributed by atoms with Gasteiger partial charge in [0.05, 0.1) is 12.7 Å². The topological polar surface area (TPSA) is 61.8 Å². The molecule has 0 bridgehead atoms. The molecule has 0 saturated heterocycles. The first-order valence-corrected chi connectivity index (χ1v) is 6.74. The van der Waals surface area contributed by atoms with Crippen LogP contribution in [0.4, 0.5) is 4.79 Å². The third kappa shape index (κ3) is 3.73. The van der Waals surface area contributed by atoms with Gasteiger partial charge in [0, 0.05) is 0 Å². The third-order valence-electron chi connectivity index (χ3n) is 3.35. The van der Waals surface area contributed by atoms with Crippen LogP contribution in [-0.4, -0.2) is 25.7 Å². The highest BCUT2D eigenvalue weighted by Gasteiger charge is 2.19. The Morgan fingerprint density at radius 1 is 1.25 bits per heavy atom. The van der Waals surface area contributed by atoms with Gasteiger partial charge in [-0.05, 0) is 43.9 Å². The van der Waals surface area contributed by atoms with E-state index in [1.54, 1.807) is 6.07 Å². The average Bonchev–Trinajstić information content (AvgIpc) is 2.48. The molecule has 1 aliphatic carbocycles. The van der Waals surface area contributed by atoms with Crippen molar-refractivity contribution in [2.45, 2.75) is 38.2 Å². The number of aldehydes is 1. The number of hydrogen-bond acceptors (Lipinski definition) is 5. The highest BCUT2D eigenvalue weighted by molar-refractivity contribution is 5.82. The molecule has 1 fully saturated rings. The fourth-order valence-corrected chi connectivity index (χ4v) is 2.27. The number of hydrogen-bond donors (Lipinski definition) is 0. The quantitative estimate of drug-likeness (QED) is 0.480. The number of rotatable bonds is 4. The Kier molecular flexibility index (Phi) is 4.98. The Labute approximate surface area is 117 Å². The lowest BCUT2D eigenvalue weighted by molar-refractivity contribution is 0.0415. The van der Waals surface area contributed by atoms with E-state index in [0.717, 1.165) is 25.7 Å². The molecule has 0 aromatic heterocycles. The number of methoxy groups -OCH3 is 1. The first-order valence-electron chi connectivity index (χ1n) is 6.74. The molecule has 20 heavy (non-hydrogen) atoms. The Morgan fingerprint density at radius 2 is 2.00 bits per heavy atom. The van der Waals surface area contributed by atoms with Gasteiger partial charge in [-0.25, -0.2) is 4.79 Å². The largest absolute Gasteiger partial charge is 0.514 e. The van der Waals surface area contributed by atoms with Crippen molar-refractivity contribution in [1.82, 2.24) is 0 Å². The van der Waals surface area contributed by atoms with Crippen molar-refractivity contribution in [2.24, 2.45) is 0 Å². The number of carbonyl (C=O) groups excluding carboxylic acids is 2. The van der Waals surface area contributed by atoms with Crippen LogP contribution in [-0.2, 0) is 4.74 Å². The van der Waals surface area contributed by atoms with E-state index in [1.165, 1.54) is 25.7 Å². The van der Waals surface area contributed by atoms with Crippen molar-refractivity contribution in [3.8, 4) is 11.5 Å². The maximum atomic E-state index is 11.7. The van der Waals surface area contributed by atoms with Crippen molar-refractivity contribution in [3.05, 3.63) is 23.8 Å². The lowest BCUT2D eigenvalue weighted by atomic mass is 9.98. The van der Waals surface area contributed by atoms with Crippen LogP contribution in [0.15, 0.2) is 18.2 Å². The van der Waals surface area contributed by atoms with Crippen LogP contribution in [0.3, 0.4) is 0 Å². The highest BCUT2D eigenvalue weighted by atomic mass is 16.7. The van der Waals surface area contributed by atoms with E-state index >= 15 is 0 Å².